The molecule has 2 aromatic rings. The van der Waals surface area contributed by atoms with Crippen molar-refractivity contribution in [2.75, 3.05) is 36.6 Å². The second-order valence-electron chi connectivity index (χ2n) is 6.82. The maximum atomic E-state index is 12.9. The van der Waals surface area contributed by atoms with Crippen molar-refractivity contribution in [3.63, 3.8) is 0 Å². The van der Waals surface area contributed by atoms with E-state index in [4.69, 9.17) is 0 Å². The summed E-state index contributed by atoms with van der Waals surface area (Å²) in [6.07, 6.45) is 3.51. The Bertz CT molecular complexity index is 876. The first-order chi connectivity index (χ1) is 12.9. The number of anilines is 2. The number of carbonyl (C=O) groups is 1. The first kappa shape index (κ1) is 19.4. The van der Waals surface area contributed by atoms with Crippen LogP contribution in [0, 0.1) is 0 Å². The lowest BCUT2D eigenvalue weighted by atomic mass is 10.1. The second kappa shape index (κ2) is 8.10. The van der Waals surface area contributed by atoms with E-state index in [9.17, 15) is 13.2 Å². The SMILES string of the molecule is CN([C@H](C(=O)Nc1ccc(N2CCCC2)cc1)c1ccccc1)S(C)(=O)=O. The van der Waals surface area contributed by atoms with Crippen molar-refractivity contribution in [3.8, 4) is 0 Å². The molecule has 144 valence electrons. The quantitative estimate of drug-likeness (QED) is 0.827. The lowest BCUT2D eigenvalue weighted by Crippen LogP contribution is -2.38. The fourth-order valence-corrected chi connectivity index (χ4v) is 3.90. The molecule has 1 atom stereocenters. The van der Waals surface area contributed by atoms with Crippen LogP contribution in [0.15, 0.2) is 54.6 Å². The Morgan fingerprint density at radius 1 is 1.04 bits per heavy atom. The molecule has 0 unspecified atom stereocenters. The van der Waals surface area contributed by atoms with E-state index in [0.717, 1.165) is 29.3 Å². The van der Waals surface area contributed by atoms with Crippen molar-refractivity contribution >= 4 is 27.3 Å². The highest BCUT2D eigenvalue weighted by Crippen LogP contribution is 2.25. The molecule has 0 aromatic heterocycles. The third-order valence-corrected chi connectivity index (χ3v) is 6.11. The molecule has 7 heteroatoms. The van der Waals surface area contributed by atoms with Gasteiger partial charge in [0.15, 0.2) is 0 Å². The monoisotopic (exact) mass is 387 g/mol. The molecule has 6 nitrogen and oxygen atoms in total. The second-order valence-corrected chi connectivity index (χ2v) is 8.86. The molecule has 0 radical (unpaired) electrons. The molecule has 0 spiro atoms. The predicted molar refractivity (Wildman–Crippen MR) is 108 cm³/mol. The Kier molecular flexibility index (Phi) is 5.82. The summed E-state index contributed by atoms with van der Waals surface area (Å²) in [6, 6.07) is 15.7. The van der Waals surface area contributed by atoms with Crippen LogP contribution in [-0.2, 0) is 14.8 Å². The minimum absolute atomic E-state index is 0.386. The van der Waals surface area contributed by atoms with Crippen molar-refractivity contribution in [2.45, 2.75) is 18.9 Å². The first-order valence-electron chi connectivity index (χ1n) is 9.00. The van der Waals surface area contributed by atoms with Gasteiger partial charge in [0.25, 0.3) is 0 Å². The molecule has 1 aliphatic heterocycles. The number of carbonyl (C=O) groups excluding carboxylic acids is 1. The summed E-state index contributed by atoms with van der Waals surface area (Å²) in [7, 11) is -2.12. The lowest BCUT2D eigenvalue weighted by molar-refractivity contribution is -0.119. The Morgan fingerprint density at radius 3 is 2.19 bits per heavy atom. The number of likely N-dealkylation sites (N-methyl/N-ethyl adjacent to an activating group) is 1. The minimum atomic E-state index is -3.54. The number of nitrogens with one attached hydrogen (secondary N) is 1. The molecule has 0 saturated carbocycles. The van der Waals surface area contributed by atoms with Crippen LogP contribution in [0.5, 0.6) is 0 Å². The Balaban J connectivity index is 1.80. The molecule has 1 saturated heterocycles. The molecule has 27 heavy (non-hydrogen) atoms. The van der Waals surface area contributed by atoms with E-state index < -0.39 is 16.1 Å². The molecular formula is C20H25N3O3S. The molecule has 3 rings (SSSR count). The zero-order chi connectivity index (χ0) is 19.4. The van der Waals surface area contributed by atoms with E-state index in [2.05, 4.69) is 10.2 Å². The minimum Gasteiger partial charge on any atom is -0.372 e. The Labute approximate surface area is 160 Å². The van der Waals surface area contributed by atoms with Gasteiger partial charge in [0, 0.05) is 31.5 Å². The van der Waals surface area contributed by atoms with E-state index in [1.165, 1.54) is 19.9 Å². The predicted octanol–water partition coefficient (Wildman–Crippen LogP) is 2.86. The molecule has 1 heterocycles. The van der Waals surface area contributed by atoms with Crippen molar-refractivity contribution in [1.82, 2.24) is 4.31 Å². The number of hydrogen-bond donors (Lipinski definition) is 1. The Morgan fingerprint density at radius 2 is 1.63 bits per heavy atom. The third kappa shape index (κ3) is 4.67. The van der Waals surface area contributed by atoms with E-state index in [1.54, 1.807) is 24.3 Å². The first-order valence-corrected chi connectivity index (χ1v) is 10.8. The standard InChI is InChI=1S/C20H25N3O3S/c1-22(27(2,25)26)19(16-8-4-3-5-9-16)20(24)21-17-10-12-18(13-11-17)23-14-6-7-15-23/h3-5,8-13,19H,6-7,14-15H2,1-2H3,(H,21,24)/t19-/m0/s1. The van der Waals surface area contributed by atoms with Crippen molar-refractivity contribution in [1.29, 1.82) is 0 Å². The zero-order valence-corrected chi connectivity index (χ0v) is 16.4. The van der Waals surface area contributed by atoms with E-state index in [0.29, 0.717) is 11.3 Å². The van der Waals surface area contributed by atoms with E-state index in [1.807, 2.05) is 30.3 Å². The molecule has 2 aromatic carbocycles. The van der Waals surface area contributed by atoms with Gasteiger partial charge in [-0.25, -0.2) is 8.42 Å². The van der Waals surface area contributed by atoms with Gasteiger partial charge < -0.3 is 10.2 Å². The van der Waals surface area contributed by atoms with Crippen LogP contribution in [0.4, 0.5) is 11.4 Å². The maximum Gasteiger partial charge on any atom is 0.247 e. The zero-order valence-electron chi connectivity index (χ0n) is 15.6. The molecule has 0 aliphatic carbocycles. The molecule has 1 N–H and O–H groups in total. The fraction of sp³-hybridized carbons (Fsp3) is 0.350. The molecular weight excluding hydrogens is 362 g/mol. The highest BCUT2D eigenvalue weighted by Gasteiger charge is 2.30. The smallest absolute Gasteiger partial charge is 0.247 e. The van der Waals surface area contributed by atoms with Crippen LogP contribution >= 0.6 is 0 Å². The van der Waals surface area contributed by atoms with Crippen LogP contribution < -0.4 is 10.2 Å². The van der Waals surface area contributed by atoms with Gasteiger partial charge in [-0.05, 0) is 42.7 Å². The van der Waals surface area contributed by atoms with Crippen LogP contribution in [0.1, 0.15) is 24.4 Å². The molecule has 1 fully saturated rings. The van der Waals surface area contributed by atoms with Crippen LogP contribution in [0.2, 0.25) is 0 Å². The summed E-state index contributed by atoms with van der Waals surface area (Å²) >= 11 is 0. The summed E-state index contributed by atoms with van der Waals surface area (Å²) in [4.78, 5) is 15.2. The van der Waals surface area contributed by atoms with Crippen molar-refractivity contribution < 1.29 is 13.2 Å². The summed E-state index contributed by atoms with van der Waals surface area (Å²) in [6.45, 7) is 2.11. The average Bonchev–Trinajstić information content (AvgIpc) is 3.17. The number of sulfonamides is 1. The topological polar surface area (TPSA) is 69.7 Å². The highest BCUT2D eigenvalue weighted by atomic mass is 32.2. The number of hydrogen-bond acceptors (Lipinski definition) is 4. The summed E-state index contributed by atoms with van der Waals surface area (Å²) in [5.74, 6) is -0.386. The van der Waals surface area contributed by atoms with Gasteiger partial charge in [-0.1, -0.05) is 30.3 Å². The normalized spacial score (nSPS) is 15.7. The molecule has 1 amide bonds. The summed E-state index contributed by atoms with van der Waals surface area (Å²) < 4.78 is 25.2. The third-order valence-electron chi connectivity index (χ3n) is 4.86. The average molecular weight is 388 g/mol. The van der Waals surface area contributed by atoms with E-state index in [-0.39, 0.29) is 5.91 Å². The number of nitrogens with zero attached hydrogens (tertiary/aromatic N) is 2. The van der Waals surface area contributed by atoms with Crippen molar-refractivity contribution in [2.24, 2.45) is 0 Å². The van der Waals surface area contributed by atoms with Gasteiger partial charge in [-0.15, -0.1) is 0 Å². The van der Waals surface area contributed by atoms with Crippen LogP contribution in [0.25, 0.3) is 0 Å². The van der Waals surface area contributed by atoms with Gasteiger partial charge in [0.1, 0.15) is 6.04 Å². The number of rotatable bonds is 6. The van der Waals surface area contributed by atoms with Crippen LogP contribution in [0.3, 0.4) is 0 Å². The Hall–Kier alpha value is -2.38. The van der Waals surface area contributed by atoms with Gasteiger partial charge in [-0.3, -0.25) is 4.79 Å². The number of benzene rings is 2. The highest BCUT2D eigenvalue weighted by molar-refractivity contribution is 7.88. The van der Waals surface area contributed by atoms with Gasteiger partial charge in [-0.2, -0.15) is 4.31 Å². The molecule has 1 aliphatic rings. The summed E-state index contributed by atoms with van der Waals surface area (Å²) in [5, 5.41) is 2.85. The van der Waals surface area contributed by atoms with Crippen LogP contribution in [-0.4, -0.2) is 45.0 Å². The van der Waals surface area contributed by atoms with Gasteiger partial charge in [0.2, 0.25) is 15.9 Å². The molecule has 0 bridgehead atoms. The number of amides is 1. The largest absolute Gasteiger partial charge is 0.372 e. The van der Waals surface area contributed by atoms with E-state index >= 15 is 0 Å². The lowest BCUT2D eigenvalue weighted by Gasteiger charge is -2.26. The fourth-order valence-electron chi connectivity index (χ4n) is 3.29. The summed E-state index contributed by atoms with van der Waals surface area (Å²) in [5.41, 5.74) is 2.40. The maximum absolute atomic E-state index is 12.9. The van der Waals surface area contributed by atoms with Gasteiger partial charge in [0.05, 0.1) is 6.26 Å². The van der Waals surface area contributed by atoms with Crippen molar-refractivity contribution in [3.05, 3.63) is 60.2 Å². The van der Waals surface area contributed by atoms with Gasteiger partial charge >= 0.3 is 0 Å².